The molecule has 1 aliphatic heterocycles. The molecule has 106 valence electrons. The van der Waals surface area contributed by atoms with Crippen LogP contribution in [0, 0.1) is 0 Å². The van der Waals surface area contributed by atoms with Crippen LogP contribution in [0.4, 0.5) is 0 Å². The molecule has 1 aromatic rings. The minimum Gasteiger partial charge on any atom is -0.477 e. The molecule has 1 amide bonds. The van der Waals surface area contributed by atoms with Crippen LogP contribution in [0.1, 0.15) is 12.0 Å². The summed E-state index contributed by atoms with van der Waals surface area (Å²) in [5.74, 6) is -1.42. The second-order valence-electron chi connectivity index (χ2n) is 4.51. The van der Waals surface area contributed by atoms with E-state index in [1.807, 2.05) is 12.1 Å². The Morgan fingerprint density at radius 1 is 1.45 bits per heavy atom. The summed E-state index contributed by atoms with van der Waals surface area (Å²) in [5, 5.41) is 12.2. The SMILES string of the molecule is CN(CCc1ccncc1)C(=O)C1CC(C(=O)O)=NO1. The maximum atomic E-state index is 12.1. The van der Waals surface area contributed by atoms with E-state index in [1.165, 1.54) is 4.90 Å². The number of aliphatic carboxylic acids is 1. The van der Waals surface area contributed by atoms with E-state index in [2.05, 4.69) is 10.1 Å². The van der Waals surface area contributed by atoms with Crippen molar-refractivity contribution in [2.24, 2.45) is 5.16 Å². The fourth-order valence-electron chi connectivity index (χ4n) is 1.84. The first-order chi connectivity index (χ1) is 9.58. The van der Waals surface area contributed by atoms with Gasteiger partial charge in [-0.1, -0.05) is 5.16 Å². The van der Waals surface area contributed by atoms with Crippen molar-refractivity contribution in [3.05, 3.63) is 30.1 Å². The minimum absolute atomic E-state index is 0.00770. The molecular weight excluding hydrogens is 262 g/mol. The molecule has 2 heterocycles. The van der Waals surface area contributed by atoms with Gasteiger partial charge in [0.25, 0.3) is 5.91 Å². The number of hydrogen-bond acceptors (Lipinski definition) is 5. The van der Waals surface area contributed by atoms with Crippen molar-refractivity contribution in [2.45, 2.75) is 18.9 Å². The summed E-state index contributed by atoms with van der Waals surface area (Å²) in [6.45, 7) is 0.519. The second-order valence-corrected chi connectivity index (χ2v) is 4.51. The van der Waals surface area contributed by atoms with E-state index in [1.54, 1.807) is 19.4 Å². The predicted octanol–water partition coefficient (Wildman–Crippen LogP) is 0.312. The van der Waals surface area contributed by atoms with Crippen LogP contribution in [0.5, 0.6) is 0 Å². The van der Waals surface area contributed by atoms with Crippen LogP contribution in [0.3, 0.4) is 0 Å². The first-order valence-corrected chi connectivity index (χ1v) is 6.18. The standard InChI is InChI=1S/C13H15N3O4/c1-16(7-4-9-2-5-14-6-3-9)12(17)11-8-10(13(18)19)15-20-11/h2-3,5-6,11H,4,7-8H2,1H3,(H,18,19). The molecule has 1 aliphatic rings. The first kappa shape index (κ1) is 14.0. The summed E-state index contributed by atoms with van der Waals surface area (Å²) in [4.78, 5) is 33.1. The molecule has 1 atom stereocenters. The Balaban J connectivity index is 1.83. The van der Waals surface area contributed by atoms with Crippen molar-refractivity contribution in [2.75, 3.05) is 13.6 Å². The Labute approximate surface area is 115 Å². The highest BCUT2D eigenvalue weighted by Gasteiger charge is 2.33. The average Bonchev–Trinajstić information content (AvgIpc) is 2.95. The molecule has 0 bridgehead atoms. The molecule has 0 spiro atoms. The summed E-state index contributed by atoms with van der Waals surface area (Å²) < 4.78 is 0. The number of carbonyl (C=O) groups excluding carboxylic acids is 1. The highest BCUT2D eigenvalue weighted by Crippen LogP contribution is 2.13. The van der Waals surface area contributed by atoms with Gasteiger partial charge in [-0.3, -0.25) is 9.78 Å². The number of amides is 1. The van der Waals surface area contributed by atoms with Crippen molar-refractivity contribution < 1.29 is 19.5 Å². The normalized spacial score (nSPS) is 17.2. The largest absolute Gasteiger partial charge is 0.477 e. The second kappa shape index (κ2) is 6.14. The summed E-state index contributed by atoms with van der Waals surface area (Å²) in [6.07, 6.45) is 3.27. The Bertz CT molecular complexity index is 530. The molecule has 0 aliphatic carbocycles. The number of carboxylic acid groups (broad SMARTS) is 1. The van der Waals surface area contributed by atoms with Gasteiger partial charge in [0, 0.05) is 32.4 Å². The fourth-order valence-corrected chi connectivity index (χ4v) is 1.84. The number of hydrogen-bond donors (Lipinski definition) is 1. The highest BCUT2D eigenvalue weighted by molar-refractivity contribution is 6.36. The summed E-state index contributed by atoms with van der Waals surface area (Å²) in [6, 6.07) is 3.77. The monoisotopic (exact) mass is 277 g/mol. The summed E-state index contributed by atoms with van der Waals surface area (Å²) in [5.41, 5.74) is 0.959. The first-order valence-electron chi connectivity index (χ1n) is 6.18. The van der Waals surface area contributed by atoms with E-state index in [4.69, 9.17) is 9.94 Å². The van der Waals surface area contributed by atoms with Gasteiger partial charge in [0.05, 0.1) is 0 Å². The number of pyridine rings is 1. The van der Waals surface area contributed by atoms with Gasteiger partial charge in [-0.15, -0.1) is 0 Å². The minimum atomic E-state index is -1.15. The Hall–Kier alpha value is -2.44. The quantitative estimate of drug-likeness (QED) is 0.836. The molecule has 20 heavy (non-hydrogen) atoms. The number of nitrogens with zero attached hydrogens (tertiary/aromatic N) is 3. The summed E-state index contributed by atoms with van der Waals surface area (Å²) >= 11 is 0. The van der Waals surface area contributed by atoms with Gasteiger partial charge >= 0.3 is 5.97 Å². The molecular formula is C13H15N3O4. The van der Waals surface area contributed by atoms with Gasteiger partial charge in [-0.05, 0) is 24.1 Å². The van der Waals surface area contributed by atoms with Gasteiger partial charge < -0.3 is 14.8 Å². The number of likely N-dealkylation sites (N-methyl/N-ethyl adjacent to an activating group) is 1. The van der Waals surface area contributed by atoms with E-state index in [9.17, 15) is 9.59 Å². The highest BCUT2D eigenvalue weighted by atomic mass is 16.6. The molecule has 1 aromatic heterocycles. The van der Waals surface area contributed by atoms with Gasteiger partial charge in [-0.25, -0.2) is 4.79 Å². The molecule has 0 saturated carbocycles. The molecule has 0 aromatic carbocycles. The zero-order valence-electron chi connectivity index (χ0n) is 11.0. The van der Waals surface area contributed by atoms with Crippen LogP contribution in [0.15, 0.2) is 29.7 Å². The van der Waals surface area contributed by atoms with Gasteiger partial charge in [0.1, 0.15) is 0 Å². The number of aromatic nitrogens is 1. The molecule has 2 rings (SSSR count). The molecule has 0 radical (unpaired) electrons. The van der Waals surface area contributed by atoms with Crippen molar-refractivity contribution in [1.29, 1.82) is 0 Å². The topological polar surface area (TPSA) is 92.1 Å². The van der Waals surface area contributed by atoms with Crippen LogP contribution in [0.2, 0.25) is 0 Å². The lowest BCUT2D eigenvalue weighted by atomic mass is 10.1. The third-order valence-electron chi connectivity index (χ3n) is 3.05. The maximum absolute atomic E-state index is 12.1. The smallest absolute Gasteiger partial charge is 0.353 e. The van der Waals surface area contributed by atoms with Crippen LogP contribution in [-0.4, -0.2) is 52.3 Å². The molecule has 0 fully saturated rings. The van der Waals surface area contributed by atoms with Gasteiger partial charge in [0.2, 0.25) is 6.10 Å². The average molecular weight is 277 g/mol. The zero-order chi connectivity index (χ0) is 14.5. The Morgan fingerprint density at radius 2 is 2.15 bits per heavy atom. The van der Waals surface area contributed by atoms with Crippen molar-refractivity contribution >= 4 is 17.6 Å². The molecule has 7 heteroatoms. The Kier molecular flexibility index (Phi) is 4.29. The maximum Gasteiger partial charge on any atom is 0.353 e. The lowest BCUT2D eigenvalue weighted by Gasteiger charge is -2.19. The van der Waals surface area contributed by atoms with Crippen LogP contribution >= 0.6 is 0 Å². The van der Waals surface area contributed by atoms with Gasteiger partial charge in [0.15, 0.2) is 5.71 Å². The van der Waals surface area contributed by atoms with Gasteiger partial charge in [-0.2, -0.15) is 0 Å². The fraction of sp³-hybridized carbons (Fsp3) is 0.385. The number of oxime groups is 1. The van der Waals surface area contributed by atoms with Crippen molar-refractivity contribution in [3.8, 4) is 0 Å². The molecule has 0 saturated heterocycles. The lowest BCUT2D eigenvalue weighted by molar-refractivity contribution is -0.140. The third kappa shape index (κ3) is 3.31. The van der Waals surface area contributed by atoms with Crippen LogP contribution < -0.4 is 0 Å². The number of carboxylic acids is 1. The van der Waals surface area contributed by atoms with E-state index in [0.29, 0.717) is 13.0 Å². The van der Waals surface area contributed by atoms with Crippen LogP contribution in [0.25, 0.3) is 0 Å². The van der Waals surface area contributed by atoms with E-state index < -0.39 is 12.1 Å². The van der Waals surface area contributed by atoms with E-state index in [0.717, 1.165) is 5.56 Å². The van der Waals surface area contributed by atoms with E-state index in [-0.39, 0.29) is 18.0 Å². The van der Waals surface area contributed by atoms with Crippen molar-refractivity contribution in [3.63, 3.8) is 0 Å². The van der Waals surface area contributed by atoms with E-state index >= 15 is 0 Å². The predicted molar refractivity (Wildman–Crippen MR) is 70.1 cm³/mol. The molecule has 7 nitrogen and oxygen atoms in total. The van der Waals surface area contributed by atoms with Crippen molar-refractivity contribution in [1.82, 2.24) is 9.88 Å². The number of carbonyl (C=O) groups is 2. The zero-order valence-corrected chi connectivity index (χ0v) is 11.0. The third-order valence-corrected chi connectivity index (χ3v) is 3.05. The Morgan fingerprint density at radius 3 is 2.75 bits per heavy atom. The molecule has 1 N–H and O–H groups in total. The lowest BCUT2D eigenvalue weighted by Crippen LogP contribution is -2.38. The number of rotatable bonds is 5. The summed E-state index contributed by atoms with van der Waals surface area (Å²) in [7, 11) is 1.66. The van der Waals surface area contributed by atoms with Crippen LogP contribution in [-0.2, 0) is 20.8 Å². The molecule has 1 unspecified atom stereocenters.